The summed E-state index contributed by atoms with van der Waals surface area (Å²) in [5.74, 6) is -0.234. The summed E-state index contributed by atoms with van der Waals surface area (Å²) >= 11 is 5.76. The quantitative estimate of drug-likeness (QED) is 0.495. The maximum absolute atomic E-state index is 12.0. The van der Waals surface area contributed by atoms with Crippen molar-refractivity contribution >= 4 is 29.2 Å². The van der Waals surface area contributed by atoms with E-state index in [4.69, 9.17) is 16.3 Å². The second-order valence-electron chi connectivity index (χ2n) is 4.84. The SMILES string of the molecule is COc1cc(/C=C/C(=O)CC(=O)c2ccc(Cl)cc2)ccc1O. The zero-order chi connectivity index (χ0) is 16.8. The first-order chi connectivity index (χ1) is 11.0. The van der Waals surface area contributed by atoms with E-state index in [1.54, 1.807) is 42.5 Å². The average Bonchev–Trinajstić information content (AvgIpc) is 2.54. The molecule has 118 valence electrons. The fourth-order valence-electron chi connectivity index (χ4n) is 1.94. The summed E-state index contributed by atoms with van der Waals surface area (Å²) in [6, 6.07) is 11.1. The Hall–Kier alpha value is -2.59. The van der Waals surface area contributed by atoms with Crippen molar-refractivity contribution in [3.63, 3.8) is 0 Å². The van der Waals surface area contributed by atoms with Gasteiger partial charge in [-0.3, -0.25) is 9.59 Å². The van der Waals surface area contributed by atoms with Crippen LogP contribution in [0.1, 0.15) is 22.3 Å². The summed E-state index contributed by atoms with van der Waals surface area (Å²) in [7, 11) is 1.44. The topological polar surface area (TPSA) is 63.6 Å². The number of ketones is 2. The minimum atomic E-state index is -0.308. The Kier molecular flexibility index (Phi) is 5.55. The highest BCUT2D eigenvalue weighted by Crippen LogP contribution is 2.26. The number of Topliss-reactive ketones (excluding diaryl/α,β-unsaturated/α-hetero) is 1. The van der Waals surface area contributed by atoms with Crippen LogP contribution in [-0.4, -0.2) is 23.8 Å². The summed E-state index contributed by atoms with van der Waals surface area (Å²) < 4.78 is 4.99. The molecule has 1 N–H and O–H groups in total. The summed E-state index contributed by atoms with van der Waals surface area (Å²) in [6.07, 6.45) is 2.69. The molecule has 0 aromatic heterocycles. The summed E-state index contributed by atoms with van der Waals surface area (Å²) in [5, 5.41) is 10.0. The van der Waals surface area contributed by atoms with Crippen molar-refractivity contribution in [2.45, 2.75) is 6.42 Å². The molecular weight excluding hydrogens is 316 g/mol. The summed E-state index contributed by atoms with van der Waals surface area (Å²) in [6.45, 7) is 0. The molecule has 0 bridgehead atoms. The van der Waals surface area contributed by atoms with Gasteiger partial charge in [0.2, 0.25) is 0 Å². The molecule has 0 atom stereocenters. The molecule has 2 rings (SSSR count). The van der Waals surface area contributed by atoms with Crippen LogP contribution in [0.3, 0.4) is 0 Å². The number of methoxy groups -OCH3 is 1. The zero-order valence-corrected chi connectivity index (χ0v) is 13.2. The van der Waals surface area contributed by atoms with E-state index in [0.29, 0.717) is 21.9 Å². The van der Waals surface area contributed by atoms with Gasteiger partial charge in [-0.1, -0.05) is 23.7 Å². The number of halogens is 1. The van der Waals surface area contributed by atoms with Crippen LogP contribution < -0.4 is 4.74 Å². The van der Waals surface area contributed by atoms with Crippen molar-refractivity contribution in [2.75, 3.05) is 7.11 Å². The summed E-state index contributed by atoms with van der Waals surface area (Å²) in [5.41, 5.74) is 1.13. The number of hydrogen-bond donors (Lipinski definition) is 1. The number of aromatic hydroxyl groups is 1. The highest BCUT2D eigenvalue weighted by Gasteiger charge is 2.10. The van der Waals surface area contributed by atoms with Gasteiger partial charge in [0.25, 0.3) is 0 Å². The Morgan fingerprint density at radius 2 is 1.87 bits per heavy atom. The molecular formula is C18H15ClO4. The van der Waals surface area contributed by atoms with E-state index in [1.165, 1.54) is 19.3 Å². The van der Waals surface area contributed by atoms with Gasteiger partial charge in [0, 0.05) is 10.6 Å². The number of carbonyl (C=O) groups is 2. The fraction of sp³-hybridized carbons (Fsp3) is 0.111. The lowest BCUT2D eigenvalue weighted by Crippen LogP contribution is -2.05. The molecule has 0 saturated heterocycles. The molecule has 23 heavy (non-hydrogen) atoms. The molecule has 5 heteroatoms. The molecule has 0 radical (unpaired) electrons. The molecule has 0 spiro atoms. The van der Waals surface area contributed by atoms with Gasteiger partial charge in [-0.2, -0.15) is 0 Å². The van der Waals surface area contributed by atoms with Crippen LogP contribution in [0.15, 0.2) is 48.5 Å². The molecule has 4 nitrogen and oxygen atoms in total. The van der Waals surface area contributed by atoms with Gasteiger partial charge in [0.15, 0.2) is 23.1 Å². The van der Waals surface area contributed by atoms with E-state index < -0.39 is 0 Å². The van der Waals surface area contributed by atoms with E-state index >= 15 is 0 Å². The fourth-order valence-corrected chi connectivity index (χ4v) is 2.07. The lowest BCUT2D eigenvalue weighted by Gasteiger charge is -2.03. The first kappa shape index (κ1) is 16.8. The third-order valence-electron chi connectivity index (χ3n) is 3.17. The Bertz CT molecular complexity index is 748. The van der Waals surface area contributed by atoms with Crippen LogP contribution in [0.4, 0.5) is 0 Å². The molecule has 0 fully saturated rings. The highest BCUT2D eigenvalue weighted by molar-refractivity contribution is 6.30. The van der Waals surface area contributed by atoms with Crippen molar-refractivity contribution in [3.05, 3.63) is 64.7 Å². The van der Waals surface area contributed by atoms with Crippen LogP contribution in [0.25, 0.3) is 6.08 Å². The zero-order valence-electron chi connectivity index (χ0n) is 12.5. The van der Waals surface area contributed by atoms with Crippen LogP contribution in [0.2, 0.25) is 5.02 Å². The Morgan fingerprint density at radius 1 is 1.17 bits per heavy atom. The Labute approximate surface area is 139 Å². The van der Waals surface area contributed by atoms with E-state index in [-0.39, 0.29) is 23.7 Å². The minimum Gasteiger partial charge on any atom is -0.504 e. The maximum Gasteiger partial charge on any atom is 0.170 e. The molecule has 0 aliphatic carbocycles. The van der Waals surface area contributed by atoms with Gasteiger partial charge in [-0.15, -0.1) is 0 Å². The third kappa shape index (κ3) is 4.69. The number of benzene rings is 2. The largest absolute Gasteiger partial charge is 0.504 e. The second kappa shape index (κ2) is 7.61. The molecule has 0 amide bonds. The Morgan fingerprint density at radius 3 is 2.52 bits per heavy atom. The number of rotatable bonds is 6. The molecule has 0 aliphatic rings. The van der Waals surface area contributed by atoms with Crippen LogP contribution >= 0.6 is 11.6 Å². The van der Waals surface area contributed by atoms with E-state index in [0.717, 1.165) is 0 Å². The third-order valence-corrected chi connectivity index (χ3v) is 3.42. The normalized spacial score (nSPS) is 10.7. The van der Waals surface area contributed by atoms with Gasteiger partial charge < -0.3 is 9.84 Å². The number of phenols is 1. The van der Waals surface area contributed by atoms with Crippen molar-refractivity contribution in [2.24, 2.45) is 0 Å². The van der Waals surface area contributed by atoms with Gasteiger partial charge in [0.1, 0.15) is 0 Å². The highest BCUT2D eigenvalue weighted by atomic mass is 35.5. The molecule has 0 heterocycles. The van der Waals surface area contributed by atoms with Gasteiger partial charge in [0.05, 0.1) is 13.5 Å². The monoisotopic (exact) mass is 330 g/mol. The predicted molar refractivity (Wildman–Crippen MR) is 89.1 cm³/mol. The smallest absolute Gasteiger partial charge is 0.170 e. The lowest BCUT2D eigenvalue weighted by molar-refractivity contribution is -0.113. The van der Waals surface area contributed by atoms with Gasteiger partial charge in [-0.25, -0.2) is 0 Å². The van der Waals surface area contributed by atoms with Crippen LogP contribution in [0.5, 0.6) is 11.5 Å². The summed E-state index contributed by atoms with van der Waals surface area (Å²) in [4.78, 5) is 23.8. The van der Waals surface area contributed by atoms with Crippen molar-refractivity contribution in [3.8, 4) is 11.5 Å². The molecule has 2 aromatic carbocycles. The van der Waals surface area contributed by atoms with E-state index in [9.17, 15) is 14.7 Å². The maximum atomic E-state index is 12.0. The number of hydrogen-bond acceptors (Lipinski definition) is 4. The predicted octanol–water partition coefficient (Wildman–Crippen LogP) is 3.91. The second-order valence-corrected chi connectivity index (χ2v) is 5.27. The van der Waals surface area contributed by atoms with Crippen molar-refractivity contribution < 1.29 is 19.4 Å². The number of phenolic OH excluding ortho intramolecular Hbond substituents is 1. The first-order valence-corrected chi connectivity index (χ1v) is 7.24. The van der Waals surface area contributed by atoms with Crippen LogP contribution in [0, 0.1) is 0 Å². The number of ether oxygens (including phenoxy) is 1. The molecule has 2 aromatic rings. The van der Waals surface area contributed by atoms with Crippen molar-refractivity contribution in [1.82, 2.24) is 0 Å². The number of allylic oxidation sites excluding steroid dienone is 1. The number of carbonyl (C=O) groups excluding carboxylic acids is 2. The average molecular weight is 331 g/mol. The lowest BCUT2D eigenvalue weighted by atomic mass is 10.1. The molecule has 0 unspecified atom stereocenters. The first-order valence-electron chi connectivity index (χ1n) is 6.86. The minimum absolute atomic E-state index is 0.0221. The standard InChI is InChI=1S/C18H15ClO4/c1-23-18-10-12(3-9-16(18)21)2-8-15(20)11-17(22)13-4-6-14(19)7-5-13/h2-10,21H,11H2,1H3/b8-2+. The molecule has 0 saturated carbocycles. The van der Waals surface area contributed by atoms with E-state index in [2.05, 4.69) is 0 Å². The molecule has 0 aliphatic heterocycles. The van der Waals surface area contributed by atoms with Crippen LogP contribution in [-0.2, 0) is 4.79 Å². The van der Waals surface area contributed by atoms with Gasteiger partial charge >= 0.3 is 0 Å². The van der Waals surface area contributed by atoms with Gasteiger partial charge in [-0.05, 0) is 48.0 Å². The Balaban J connectivity index is 2.01. The van der Waals surface area contributed by atoms with Crippen molar-refractivity contribution in [1.29, 1.82) is 0 Å². The van der Waals surface area contributed by atoms with E-state index in [1.807, 2.05) is 0 Å².